The number of guanidine groups is 1. The Morgan fingerprint density at radius 2 is 1.96 bits per heavy atom. The first-order chi connectivity index (χ1) is 12.8. The van der Waals surface area contributed by atoms with Crippen molar-refractivity contribution in [2.24, 2.45) is 4.99 Å². The number of fused-ring (bicyclic) bond motifs is 1. The molecule has 7 nitrogen and oxygen atoms in total. The second kappa shape index (κ2) is 11.8. The van der Waals surface area contributed by atoms with Gasteiger partial charge in [0.15, 0.2) is 11.8 Å². The number of likely N-dealkylation sites (tertiary alicyclic amines) is 1. The Morgan fingerprint density at radius 1 is 1.11 bits per heavy atom. The number of hydrogen-bond acceptors (Lipinski definition) is 4. The first-order valence-electron chi connectivity index (χ1n) is 10.4. The minimum atomic E-state index is 0. The lowest BCUT2D eigenvalue weighted by Crippen LogP contribution is -2.41. The summed E-state index contributed by atoms with van der Waals surface area (Å²) < 4.78 is 2.28. The van der Waals surface area contributed by atoms with E-state index < -0.39 is 0 Å². The lowest BCUT2D eigenvalue weighted by atomic mass is 10.0. The van der Waals surface area contributed by atoms with Gasteiger partial charge in [-0.05, 0) is 45.6 Å². The molecule has 0 bridgehead atoms. The number of aromatic nitrogens is 3. The Balaban J connectivity index is 0.00000261. The van der Waals surface area contributed by atoms with Crippen molar-refractivity contribution in [3.05, 3.63) is 11.6 Å². The normalized spacial score (nSPS) is 21.1. The van der Waals surface area contributed by atoms with Crippen molar-refractivity contribution < 1.29 is 0 Å². The molecule has 0 spiro atoms. The van der Waals surface area contributed by atoms with Crippen molar-refractivity contribution in [2.45, 2.75) is 77.4 Å². The Labute approximate surface area is 180 Å². The highest BCUT2D eigenvalue weighted by atomic mass is 127. The molecule has 0 aliphatic carbocycles. The average Bonchev–Trinajstić information content (AvgIpc) is 2.89. The molecular weight excluding hydrogens is 453 g/mol. The second-order valence-corrected chi connectivity index (χ2v) is 7.58. The van der Waals surface area contributed by atoms with Crippen LogP contribution in [0.25, 0.3) is 0 Å². The molecule has 0 aromatic carbocycles. The lowest BCUT2D eigenvalue weighted by Gasteiger charge is -2.33. The van der Waals surface area contributed by atoms with Crippen LogP contribution in [0.3, 0.4) is 0 Å². The number of halogens is 1. The molecule has 1 aromatic rings. The molecular formula is C19H36IN7. The van der Waals surface area contributed by atoms with Crippen molar-refractivity contribution in [2.75, 3.05) is 26.7 Å². The zero-order chi connectivity index (χ0) is 18.2. The van der Waals surface area contributed by atoms with Gasteiger partial charge in [0, 0.05) is 39.1 Å². The van der Waals surface area contributed by atoms with Crippen LogP contribution in [-0.2, 0) is 19.5 Å². The highest BCUT2D eigenvalue weighted by Gasteiger charge is 2.17. The molecule has 3 rings (SSSR count). The van der Waals surface area contributed by atoms with Gasteiger partial charge in [0.1, 0.15) is 5.82 Å². The van der Waals surface area contributed by atoms with Crippen LogP contribution < -0.4 is 10.6 Å². The van der Waals surface area contributed by atoms with Crippen LogP contribution in [0.5, 0.6) is 0 Å². The van der Waals surface area contributed by atoms with E-state index in [1.807, 2.05) is 7.05 Å². The van der Waals surface area contributed by atoms with Crippen molar-refractivity contribution in [3.63, 3.8) is 0 Å². The first-order valence-corrected chi connectivity index (χ1v) is 10.4. The Bertz CT molecular complexity index is 587. The van der Waals surface area contributed by atoms with Crippen molar-refractivity contribution in [3.8, 4) is 0 Å². The quantitative estimate of drug-likeness (QED) is 0.278. The summed E-state index contributed by atoms with van der Waals surface area (Å²) in [6, 6.07) is 0.740. The molecule has 0 amide bonds. The first kappa shape index (κ1) is 22.4. The van der Waals surface area contributed by atoms with E-state index in [4.69, 9.17) is 0 Å². The molecule has 0 radical (unpaired) electrons. The Kier molecular flexibility index (Phi) is 9.81. The number of aryl methyl sites for hydroxylation is 1. The van der Waals surface area contributed by atoms with Gasteiger partial charge in [0.05, 0.1) is 6.54 Å². The van der Waals surface area contributed by atoms with Gasteiger partial charge in [0.2, 0.25) is 0 Å². The molecule has 3 heterocycles. The van der Waals surface area contributed by atoms with Crippen molar-refractivity contribution in [1.29, 1.82) is 0 Å². The van der Waals surface area contributed by atoms with Gasteiger partial charge >= 0.3 is 0 Å². The molecule has 1 aromatic heterocycles. The summed E-state index contributed by atoms with van der Waals surface area (Å²) in [5.41, 5.74) is 0. The maximum atomic E-state index is 4.37. The fourth-order valence-electron chi connectivity index (χ4n) is 4.04. The van der Waals surface area contributed by atoms with Gasteiger partial charge in [-0.1, -0.05) is 12.8 Å². The van der Waals surface area contributed by atoms with Crippen LogP contribution in [0.1, 0.15) is 63.5 Å². The molecule has 0 saturated carbocycles. The molecule has 27 heavy (non-hydrogen) atoms. The van der Waals surface area contributed by atoms with Crippen molar-refractivity contribution >= 4 is 29.9 Å². The number of piperidine rings is 1. The smallest absolute Gasteiger partial charge is 0.191 e. The van der Waals surface area contributed by atoms with E-state index in [0.717, 1.165) is 49.6 Å². The molecule has 1 atom stereocenters. The van der Waals surface area contributed by atoms with Crippen LogP contribution in [0, 0.1) is 0 Å². The highest BCUT2D eigenvalue weighted by molar-refractivity contribution is 14.0. The van der Waals surface area contributed by atoms with Gasteiger partial charge in [-0.3, -0.25) is 4.99 Å². The molecule has 2 N–H and O–H groups in total. The van der Waals surface area contributed by atoms with Crippen molar-refractivity contribution in [1.82, 2.24) is 30.3 Å². The summed E-state index contributed by atoms with van der Waals surface area (Å²) in [6.07, 6.45) is 10.0. The van der Waals surface area contributed by atoms with E-state index in [2.05, 4.69) is 42.2 Å². The largest absolute Gasteiger partial charge is 0.356 e. The second-order valence-electron chi connectivity index (χ2n) is 7.58. The minimum Gasteiger partial charge on any atom is -0.356 e. The highest BCUT2D eigenvalue weighted by Crippen LogP contribution is 2.16. The molecule has 8 heteroatoms. The van der Waals surface area contributed by atoms with E-state index in [1.165, 1.54) is 51.6 Å². The zero-order valence-corrected chi connectivity index (χ0v) is 19.2. The van der Waals surface area contributed by atoms with Crippen LogP contribution in [0.15, 0.2) is 4.99 Å². The van der Waals surface area contributed by atoms with Crippen LogP contribution in [0.4, 0.5) is 0 Å². The van der Waals surface area contributed by atoms with Gasteiger partial charge < -0.3 is 20.1 Å². The predicted molar refractivity (Wildman–Crippen MR) is 121 cm³/mol. The average molecular weight is 489 g/mol. The van der Waals surface area contributed by atoms with E-state index in [-0.39, 0.29) is 24.0 Å². The van der Waals surface area contributed by atoms with E-state index in [0.29, 0.717) is 6.54 Å². The van der Waals surface area contributed by atoms with Gasteiger partial charge in [0.25, 0.3) is 0 Å². The van der Waals surface area contributed by atoms with Gasteiger partial charge in [-0.2, -0.15) is 0 Å². The third kappa shape index (κ3) is 6.58. The molecule has 2 aliphatic rings. The topological polar surface area (TPSA) is 70.4 Å². The van der Waals surface area contributed by atoms with E-state index in [1.54, 1.807) is 0 Å². The molecule has 1 unspecified atom stereocenters. The molecule has 1 saturated heterocycles. The SMILES string of the molecule is CN=C(NCCCN1CCCCC1C)NCc1nnc2n1CCCCC2.I. The van der Waals surface area contributed by atoms with E-state index >= 15 is 0 Å². The lowest BCUT2D eigenvalue weighted by molar-refractivity contribution is 0.159. The zero-order valence-electron chi connectivity index (χ0n) is 16.9. The van der Waals surface area contributed by atoms with Crippen LogP contribution >= 0.6 is 24.0 Å². The molecule has 154 valence electrons. The molecule has 1 fully saturated rings. The van der Waals surface area contributed by atoms with Gasteiger partial charge in [-0.25, -0.2) is 0 Å². The van der Waals surface area contributed by atoms with E-state index in [9.17, 15) is 0 Å². The Hall–Kier alpha value is -0.900. The van der Waals surface area contributed by atoms with Crippen LogP contribution in [-0.4, -0.2) is 58.3 Å². The number of rotatable bonds is 6. The number of hydrogen-bond donors (Lipinski definition) is 2. The maximum absolute atomic E-state index is 4.37. The summed E-state index contributed by atoms with van der Waals surface area (Å²) in [6.45, 7) is 7.44. The Morgan fingerprint density at radius 3 is 2.78 bits per heavy atom. The third-order valence-corrected chi connectivity index (χ3v) is 5.68. The number of nitrogens with zero attached hydrogens (tertiary/aromatic N) is 5. The predicted octanol–water partition coefficient (Wildman–Crippen LogP) is 2.55. The summed E-state index contributed by atoms with van der Waals surface area (Å²) in [5, 5.41) is 15.6. The number of aliphatic imine (C=N–C) groups is 1. The summed E-state index contributed by atoms with van der Waals surface area (Å²) in [5.74, 6) is 3.01. The third-order valence-electron chi connectivity index (χ3n) is 5.68. The molecule has 2 aliphatic heterocycles. The minimum absolute atomic E-state index is 0. The van der Waals surface area contributed by atoms with Gasteiger partial charge in [-0.15, -0.1) is 34.2 Å². The summed E-state index contributed by atoms with van der Waals surface area (Å²) in [4.78, 5) is 6.96. The van der Waals surface area contributed by atoms with Crippen LogP contribution in [0.2, 0.25) is 0 Å². The fraction of sp³-hybridized carbons (Fsp3) is 0.842. The maximum Gasteiger partial charge on any atom is 0.191 e. The summed E-state index contributed by atoms with van der Waals surface area (Å²) >= 11 is 0. The number of nitrogens with one attached hydrogen (secondary N) is 2. The summed E-state index contributed by atoms with van der Waals surface area (Å²) in [7, 11) is 1.83. The standard InChI is InChI=1S/C19H35N7.HI/c1-16-9-5-7-12-25(16)13-8-11-21-19(20-2)22-15-18-24-23-17-10-4-3-6-14-26(17)18;/h16H,3-15H2,1-2H3,(H2,20,21,22);1H. The fourth-order valence-corrected chi connectivity index (χ4v) is 4.04. The monoisotopic (exact) mass is 489 g/mol.